The van der Waals surface area contributed by atoms with E-state index in [0.717, 1.165) is 36.1 Å². The molecule has 6 saturated carbocycles. The van der Waals surface area contributed by atoms with E-state index in [1.807, 2.05) is 0 Å². The molecule has 0 aromatic carbocycles. The Balaban J connectivity index is 1.79. The van der Waals surface area contributed by atoms with Crippen LogP contribution in [0.15, 0.2) is 0 Å². The van der Waals surface area contributed by atoms with Crippen LogP contribution >= 0.6 is 0 Å². The van der Waals surface area contributed by atoms with E-state index in [2.05, 4.69) is 0 Å². The SMILES string of the molecule is NCC1[C@@H]2[C@@H]3C[C@H]4[C@@H]5C[C@H]([C@H]1[C@H]53)[C@@H]42. The van der Waals surface area contributed by atoms with Crippen molar-refractivity contribution in [3.05, 3.63) is 0 Å². The molecule has 2 N–H and O–H groups in total. The van der Waals surface area contributed by atoms with Crippen molar-refractivity contribution >= 4 is 0 Å². The molecule has 1 heteroatoms. The van der Waals surface area contributed by atoms with Crippen molar-refractivity contribution in [1.82, 2.24) is 0 Å². The van der Waals surface area contributed by atoms with Gasteiger partial charge in [0.15, 0.2) is 0 Å². The van der Waals surface area contributed by atoms with Gasteiger partial charge in [0.1, 0.15) is 0 Å². The first-order valence-corrected chi connectivity index (χ1v) is 6.12. The van der Waals surface area contributed by atoms with Gasteiger partial charge in [-0.15, -0.1) is 0 Å². The van der Waals surface area contributed by atoms with Gasteiger partial charge in [-0.1, -0.05) is 0 Å². The van der Waals surface area contributed by atoms with Gasteiger partial charge in [0, 0.05) is 0 Å². The van der Waals surface area contributed by atoms with Gasteiger partial charge in [0.2, 0.25) is 0 Å². The zero-order chi connectivity index (χ0) is 8.32. The van der Waals surface area contributed by atoms with Gasteiger partial charge in [-0.05, 0) is 72.6 Å². The molecule has 6 bridgehead atoms. The summed E-state index contributed by atoms with van der Waals surface area (Å²) in [5.74, 6) is 10.3. The summed E-state index contributed by atoms with van der Waals surface area (Å²) in [5, 5.41) is 0. The molecule has 1 unspecified atom stereocenters. The number of nitrogens with two attached hydrogens (primary N) is 1. The minimum absolute atomic E-state index is 0.975. The predicted octanol–water partition coefficient (Wildman–Crippen LogP) is 1.34. The summed E-state index contributed by atoms with van der Waals surface area (Å²) in [4.78, 5) is 0. The summed E-state index contributed by atoms with van der Waals surface area (Å²) >= 11 is 0. The summed E-state index contributed by atoms with van der Waals surface area (Å²) < 4.78 is 0. The second-order valence-corrected chi connectivity index (χ2v) is 6.34. The van der Waals surface area contributed by atoms with Gasteiger partial charge in [0.05, 0.1) is 0 Å². The van der Waals surface area contributed by atoms with Crippen molar-refractivity contribution in [2.45, 2.75) is 12.8 Å². The van der Waals surface area contributed by atoms with E-state index in [1.54, 1.807) is 12.8 Å². The largest absolute Gasteiger partial charge is 0.330 e. The first kappa shape index (κ1) is 6.44. The lowest BCUT2D eigenvalue weighted by Gasteiger charge is -2.33. The lowest BCUT2D eigenvalue weighted by molar-refractivity contribution is 0.132. The third-order valence-electron chi connectivity index (χ3n) is 6.75. The summed E-state index contributed by atoms with van der Waals surface area (Å²) in [6, 6.07) is 0. The van der Waals surface area contributed by atoms with Gasteiger partial charge >= 0.3 is 0 Å². The number of rotatable bonds is 1. The quantitative estimate of drug-likeness (QED) is 0.639. The van der Waals surface area contributed by atoms with Crippen molar-refractivity contribution in [3.63, 3.8) is 0 Å². The molecule has 13 heavy (non-hydrogen) atoms. The van der Waals surface area contributed by atoms with E-state index in [-0.39, 0.29) is 0 Å². The van der Waals surface area contributed by atoms with Crippen molar-refractivity contribution in [2.75, 3.05) is 6.54 Å². The topological polar surface area (TPSA) is 26.0 Å². The van der Waals surface area contributed by atoms with Crippen LogP contribution in [0, 0.1) is 53.3 Å². The van der Waals surface area contributed by atoms with E-state index in [0.29, 0.717) is 0 Å². The van der Waals surface area contributed by atoms with Crippen molar-refractivity contribution < 1.29 is 0 Å². The number of hydrogen-bond acceptors (Lipinski definition) is 1. The van der Waals surface area contributed by atoms with Crippen LogP contribution in [0.25, 0.3) is 0 Å². The highest BCUT2D eigenvalue weighted by atomic mass is 14.9. The smallest absolute Gasteiger partial charge is 0.00431 e. The monoisotopic (exact) mass is 175 g/mol. The second-order valence-electron chi connectivity index (χ2n) is 6.34. The average molecular weight is 175 g/mol. The van der Waals surface area contributed by atoms with E-state index in [4.69, 9.17) is 5.73 Å². The van der Waals surface area contributed by atoms with Gasteiger partial charge in [0.25, 0.3) is 0 Å². The fourth-order valence-electron chi connectivity index (χ4n) is 7.13. The van der Waals surface area contributed by atoms with Gasteiger partial charge in [-0.2, -0.15) is 0 Å². The summed E-state index contributed by atoms with van der Waals surface area (Å²) in [7, 11) is 0. The molecule has 6 aliphatic carbocycles. The number of hydrogen-bond donors (Lipinski definition) is 1. The Labute approximate surface area is 79.1 Å². The molecule has 0 radical (unpaired) electrons. The average Bonchev–Trinajstić information content (AvgIpc) is 2.78. The highest BCUT2D eigenvalue weighted by Gasteiger charge is 2.79. The van der Waals surface area contributed by atoms with Crippen LogP contribution in [0.1, 0.15) is 12.8 Å². The standard InChI is InChI=1S/C12H17N/c13-3-8-11-6-1-4-5-2-7(9(4)11)12(8)10(5)6/h4-12H,1-3,13H2/t4-,5-,6-,7+,8?,9+,10+,11+,12-/m0/s1. The molecule has 0 spiro atoms. The third kappa shape index (κ3) is 0.407. The molecular formula is C12H17N. The molecular weight excluding hydrogens is 158 g/mol. The van der Waals surface area contributed by atoms with Gasteiger partial charge in [-0.3, -0.25) is 0 Å². The van der Waals surface area contributed by atoms with Crippen molar-refractivity contribution in [1.29, 1.82) is 0 Å². The molecule has 6 fully saturated rings. The molecule has 6 rings (SSSR count). The minimum Gasteiger partial charge on any atom is -0.330 e. The van der Waals surface area contributed by atoms with Crippen LogP contribution in [0.3, 0.4) is 0 Å². The Morgan fingerprint density at radius 3 is 1.77 bits per heavy atom. The first-order chi connectivity index (χ1) is 6.42. The highest BCUT2D eigenvalue weighted by molar-refractivity contribution is 5.27. The fraction of sp³-hybridized carbons (Fsp3) is 1.00. The molecule has 6 aliphatic rings. The van der Waals surface area contributed by atoms with Crippen LogP contribution in [0.2, 0.25) is 0 Å². The van der Waals surface area contributed by atoms with Gasteiger partial charge < -0.3 is 5.73 Å². The summed E-state index contributed by atoms with van der Waals surface area (Å²) in [6.45, 7) is 1.01. The molecule has 0 heterocycles. The normalized spacial score (nSPS) is 79.6. The predicted molar refractivity (Wildman–Crippen MR) is 49.7 cm³/mol. The molecule has 9 atom stereocenters. The lowest BCUT2D eigenvalue weighted by Crippen LogP contribution is -2.30. The summed E-state index contributed by atoms with van der Waals surface area (Å²) in [5.41, 5.74) is 5.97. The van der Waals surface area contributed by atoms with Crippen LogP contribution in [-0.2, 0) is 0 Å². The maximum absolute atomic E-state index is 5.97. The van der Waals surface area contributed by atoms with E-state index >= 15 is 0 Å². The Hall–Kier alpha value is -0.0400. The van der Waals surface area contributed by atoms with E-state index in [1.165, 1.54) is 23.7 Å². The first-order valence-electron chi connectivity index (χ1n) is 6.12. The third-order valence-corrected chi connectivity index (χ3v) is 6.75. The van der Waals surface area contributed by atoms with Crippen LogP contribution in [0.4, 0.5) is 0 Å². The maximum atomic E-state index is 5.97. The molecule has 0 aromatic rings. The Morgan fingerprint density at radius 1 is 0.769 bits per heavy atom. The maximum Gasteiger partial charge on any atom is -0.00431 e. The van der Waals surface area contributed by atoms with Crippen molar-refractivity contribution in [2.24, 2.45) is 59.0 Å². The Morgan fingerprint density at radius 2 is 1.31 bits per heavy atom. The molecule has 0 aromatic heterocycles. The lowest BCUT2D eigenvalue weighted by atomic mass is 9.71. The van der Waals surface area contributed by atoms with Gasteiger partial charge in [-0.25, -0.2) is 0 Å². The van der Waals surface area contributed by atoms with Crippen LogP contribution in [0.5, 0.6) is 0 Å². The molecule has 0 saturated heterocycles. The van der Waals surface area contributed by atoms with Crippen LogP contribution in [-0.4, -0.2) is 6.54 Å². The minimum atomic E-state index is 0.975. The van der Waals surface area contributed by atoms with Crippen LogP contribution < -0.4 is 5.73 Å². The van der Waals surface area contributed by atoms with Crippen molar-refractivity contribution in [3.8, 4) is 0 Å². The summed E-state index contributed by atoms with van der Waals surface area (Å²) in [6.07, 6.45) is 3.24. The highest BCUT2D eigenvalue weighted by Crippen LogP contribution is 2.84. The second kappa shape index (κ2) is 1.60. The Kier molecular flexibility index (Phi) is 0.793. The molecule has 1 nitrogen and oxygen atoms in total. The molecule has 0 amide bonds. The zero-order valence-corrected chi connectivity index (χ0v) is 7.89. The van der Waals surface area contributed by atoms with E-state index < -0.39 is 0 Å². The fourth-order valence-corrected chi connectivity index (χ4v) is 7.13. The molecule has 0 aliphatic heterocycles. The van der Waals surface area contributed by atoms with E-state index in [9.17, 15) is 0 Å². The zero-order valence-electron chi connectivity index (χ0n) is 7.89. The Bertz CT molecular complexity index is 271. The molecule has 70 valence electrons.